The lowest BCUT2D eigenvalue weighted by Gasteiger charge is -2.36. The lowest BCUT2D eigenvalue weighted by Crippen LogP contribution is -2.65. The van der Waals surface area contributed by atoms with Crippen molar-refractivity contribution in [1.82, 2.24) is 13.4 Å². The highest BCUT2D eigenvalue weighted by Gasteiger charge is 2.47. The highest BCUT2D eigenvalue weighted by molar-refractivity contribution is 7.03. The quantitative estimate of drug-likeness (QED) is 0.166. The highest BCUT2D eigenvalue weighted by atomic mass is 16.3. The van der Waals surface area contributed by atoms with Crippen molar-refractivity contribution in [3.63, 3.8) is 0 Å². The van der Waals surface area contributed by atoms with E-state index in [9.17, 15) is 0 Å². The third-order valence-corrected chi connectivity index (χ3v) is 16.4. The Balaban J connectivity index is 1.28. The number of rotatable bonds is 3. The molecule has 2 aliphatic heterocycles. The van der Waals surface area contributed by atoms with Crippen molar-refractivity contribution in [2.75, 3.05) is 0 Å². The third kappa shape index (κ3) is 4.84. The summed E-state index contributed by atoms with van der Waals surface area (Å²) in [6, 6.07) is 44.2. The molecule has 334 valence electrons. The molecule has 0 saturated heterocycles. The Morgan fingerprint density at radius 3 is 1.24 bits per heavy atom. The molecule has 0 atom stereocenters. The summed E-state index contributed by atoms with van der Waals surface area (Å²) in [5.41, 5.74) is 28.8. The van der Waals surface area contributed by atoms with Gasteiger partial charge in [0.05, 0.1) is 11.0 Å². The van der Waals surface area contributed by atoms with E-state index in [1.165, 1.54) is 83.0 Å². The fourth-order valence-electron chi connectivity index (χ4n) is 14.4. The summed E-state index contributed by atoms with van der Waals surface area (Å²) in [7, 11) is 0. The second-order valence-electron chi connectivity index (χ2n) is 20.9. The Hall–Kier alpha value is -7.96. The summed E-state index contributed by atoms with van der Waals surface area (Å²) >= 11 is 0. The lowest BCUT2D eigenvalue weighted by molar-refractivity contribution is 0.669. The van der Waals surface area contributed by atoms with Crippen LogP contribution in [0.2, 0.25) is 0 Å². The van der Waals surface area contributed by atoms with E-state index in [4.69, 9.17) is 8.83 Å². The molecular weight excluding hydrogens is 856 g/mol. The topological polar surface area (TPSA) is 57.1 Å². The zero-order valence-corrected chi connectivity index (χ0v) is 40.8. The fourth-order valence-corrected chi connectivity index (χ4v) is 14.4. The van der Waals surface area contributed by atoms with Crippen LogP contribution >= 0.6 is 0 Å². The summed E-state index contributed by atoms with van der Waals surface area (Å²) in [4.78, 5) is 16.5. The van der Waals surface area contributed by atoms with Gasteiger partial charge in [0.2, 0.25) is 13.4 Å². The first-order chi connectivity index (χ1) is 33.9. The van der Waals surface area contributed by atoms with Crippen LogP contribution in [0, 0.1) is 62.3 Å². The van der Waals surface area contributed by atoms with Crippen molar-refractivity contribution in [3.8, 4) is 16.8 Å². The second kappa shape index (κ2) is 13.4. The van der Waals surface area contributed by atoms with Crippen LogP contribution in [-0.4, -0.2) is 26.8 Å². The van der Waals surface area contributed by atoms with Crippen molar-refractivity contribution >= 4 is 123 Å². The number of nitrogens with zero attached hydrogens (tertiary/aromatic N) is 3. The van der Waals surface area contributed by atoms with E-state index in [-0.39, 0.29) is 19.1 Å². The van der Waals surface area contributed by atoms with Gasteiger partial charge in [-0.2, -0.15) is 0 Å². The van der Waals surface area contributed by atoms with Gasteiger partial charge in [-0.05, 0) is 143 Å². The van der Waals surface area contributed by atoms with Crippen LogP contribution in [0.1, 0.15) is 50.1 Å². The summed E-state index contributed by atoms with van der Waals surface area (Å²) in [6.07, 6.45) is 0. The van der Waals surface area contributed by atoms with E-state index in [0.717, 1.165) is 93.6 Å². The minimum absolute atomic E-state index is 0.0883. The van der Waals surface area contributed by atoms with Crippen molar-refractivity contribution in [2.45, 2.75) is 62.3 Å². The zero-order valence-electron chi connectivity index (χ0n) is 40.8. The van der Waals surface area contributed by atoms with Gasteiger partial charge in [0, 0.05) is 38.0 Å². The van der Waals surface area contributed by atoms with Gasteiger partial charge in [-0.15, -0.1) is 0 Å². The Labute approximate surface area is 404 Å². The largest absolute Gasteiger partial charge is 0.456 e. The Morgan fingerprint density at radius 2 is 0.814 bits per heavy atom. The van der Waals surface area contributed by atoms with Crippen LogP contribution in [0.25, 0.3) is 93.8 Å². The number of fused-ring (bicyclic) bond motifs is 14. The van der Waals surface area contributed by atoms with E-state index in [1.807, 2.05) is 20.9 Å². The van der Waals surface area contributed by atoms with E-state index in [0.29, 0.717) is 0 Å². The highest BCUT2D eigenvalue weighted by Crippen LogP contribution is 2.41. The second-order valence-corrected chi connectivity index (χ2v) is 20.9. The van der Waals surface area contributed by atoms with Gasteiger partial charge in [-0.1, -0.05) is 135 Å². The van der Waals surface area contributed by atoms with Crippen LogP contribution in [0.15, 0.2) is 135 Å². The van der Waals surface area contributed by atoms with Gasteiger partial charge < -0.3 is 8.83 Å². The molecule has 8 aromatic carbocycles. The first-order valence-electron chi connectivity index (χ1n) is 24.6. The molecule has 15 rings (SSSR count). The molecule has 0 bridgehead atoms. The monoisotopic (exact) mass is 903 g/mol. The minimum atomic E-state index is -0.245. The molecule has 6 nitrogen and oxygen atoms in total. The predicted molar refractivity (Wildman–Crippen MR) is 294 cm³/mol. The molecule has 13 aromatic rings. The summed E-state index contributed by atoms with van der Waals surface area (Å²) in [5.74, 6) is 0. The number of aryl methyl sites for hydroxylation is 9. The van der Waals surface area contributed by atoms with Gasteiger partial charge in [0.25, 0.3) is 0 Å². The normalized spacial score (nSPS) is 13.2. The van der Waals surface area contributed by atoms with E-state index >= 15 is 4.79 Å². The molecule has 7 heterocycles. The maximum atomic E-state index is 16.5. The Kier molecular flexibility index (Phi) is 7.67. The molecule has 0 N–H and O–H groups in total. The molecule has 0 fully saturated rings. The number of benzene rings is 8. The van der Waals surface area contributed by atoms with Crippen molar-refractivity contribution < 1.29 is 8.83 Å². The van der Waals surface area contributed by atoms with Gasteiger partial charge in [-0.3, -0.25) is 4.57 Å². The fraction of sp³-hybridized carbons (Fsp3) is 0.145. The average molecular weight is 904 g/mol. The Bertz CT molecular complexity index is 4360. The molecular formula is C62H47B2N3O3. The summed E-state index contributed by atoms with van der Waals surface area (Å²) < 4.78 is 20.1. The first kappa shape index (κ1) is 40.0. The van der Waals surface area contributed by atoms with Gasteiger partial charge in [0.15, 0.2) is 0 Å². The van der Waals surface area contributed by atoms with Crippen LogP contribution in [-0.2, 0) is 0 Å². The van der Waals surface area contributed by atoms with Gasteiger partial charge in [0.1, 0.15) is 33.6 Å². The number of hydrogen-bond donors (Lipinski definition) is 0. The molecule has 0 unspecified atom stereocenters. The Morgan fingerprint density at radius 1 is 0.414 bits per heavy atom. The zero-order chi connectivity index (χ0) is 47.5. The average Bonchev–Trinajstić information content (AvgIpc) is 4.07. The molecule has 2 aliphatic rings. The van der Waals surface area contributed by atoms with Crippen LogP contribution in [0.3, 0.4) is 0 Å². The van der Waals surface area contributed by atoms with E-state index < -0.39 is 0 Å². The number of para-hydroxylation sites is 2. The predicted octanol–water partition coefficient (Wildman–Crippen LogP) is 10.6. The molecule has 5 aromatic heterocycles. The maximum Gasteiger partial charge on any atom is 0.340 e. The van der Waals surface area contributed by atoms with Gasteiger partial charge >= 0.3 is 5.69 Å². The standard InChI is InChI=1S/C62H47B2N3O3/c1-30-22-33(4)50(34(5)23-30)39-28-42-59-43(29-39)64(56-37(8)26-32(3)27-38(56)9)58-54-45(19-21-49-52(54)41-15-11-13-17-47(41)70-49)66-61(58)67(59)60-57(63(42)55-35(6)24-31(2)25-36(55)7)53-44(65(60)62(66)68)18-20-48-51(53)40-14-10-12-16-46(40)69-48/h10-29H,1-9H3. The molecule has 0 amide bonds. The molecule has 0 saturated carbocycles. The van der Waals surface area contributed by atoms with Crippen molar-refractivity contribution in [2.24, 2.45) is 0 Å². The third-order valence-electron chi connectivity index (χ3n) is 16.4. The molecule has 0 radical (unpaired) electrons. The van der Waals surface area contributed by atoms with Crippen LogP contribution < -0.4 is 38.5 Å². The minimum Gasteiger partial charge on any atom is -0.456 e. The van der Waals surface area contributed by atoms with E-state index in [2.05, 4.69) is 176 Å². The number of furan rings is 2. The lowest BCUT2D eigenvalue weighted by atomic mass is 9.30. The number of hydrogen-bond acceptors (Lipinski definition) is 3. The van der Waals surface area contributed by atoms with Gasteiger partial charge in [-0.25, -0.2) is 13.6 Å². The van der Waals surface area contributed by atoms with Crippen molar-refractivity contribution in [1.29, 1.82) is 0 Å². The molecule has 0 aliphatic carbocycles. The van der Waals surface area contributed by atoms with Crippen LogP contribution in [0.5, 0.6) is 0 Å². The smallest absolute Gasteiger partial charge is 0.340 e. The number of aromatic nitrogens is 3. The first-order valence-corrected chi connectivity index (χ1v) is 24.6. The maximum absolute atomic E-state index is 16.5. The molecule has 70 heavy (non-hydrogen) atoms. The summed E-state index contributed by atoms with van der Waals surface area (Å²) in [6.45, 7) is 19.8. The summed E-state index contributed by atoms with van der Waals surface area (Å²) in [5, 5.41) is 6.28. The van der Waals surface area contributed by atoms with E-state index in [1.54, 1.807) is 0 Å². The molecule has 0 spiro atoms. The van der Waals surface area contributed by atoms with Crippen LogP contribution in [0.4, 0.5) is 0 Å². The molecule has 8 heteroatoms. The SMILES string of the molecule is Cc1cc(C)c(B2c3cc(-c4c(C)cc(C)cc4C)cc4c3-n3c5c2c2c6c(ccc2n5c(=O)n2c5ccc7oc8ccccc8c7c5c(c32)B4c2c(C)cc(C)cc2C)oc2ccccc26)c(C)c1. The van der Waals surface area contributed by atoms with Crippen molar-refractivity contribution in [3.05, 3.63) is 182 Å².